The van der Waals surface area contributed by atoms with Crippen LogP contribution in [0.3, 0.4) is 0 Å². The lowest BCUT2D eigenvalue weighted by Gasteiger charge is -2.26. The van der Waals surface area contributed by atoms with E-state index < -0.39 is 31.8 Å². The van der Waals surface area contributed by atoms with Crippen LogP contribution in [0.15, 0.2) is 58.0 Å². The number of hydrogen-bond acceptors (Lipinski definition) is 5. The minimum Gasteiger partial charge on any atom is -0.448 e. The first-order chi connectivity index (χ1) is 13.5. The molecule has 154 valence electrons. The highest BCUT2D eigenvalue weighted by molar-refractivity contribution is 9.10. The predicted octanol–water partition coefficient (Wildman–Crippen LogP) is 4.91. The molecule has 1 unspecified atom stereocenters. The number of fused-ring (bicyclic) bond motifs is 2. The molecule has 1 aliphatic carbocycles. The highest BCUT2D eigenvalue weighted by Crippen LogP contribution is 2.50. The molecule has 0 amide bonds. The van der Waals surface area contributed by atoms with E-state index in [2.05, 4.69) is 15.9 Å². The molecule has 29 heavy (non-hydrogen) atoms. The van der Waals surface area contributed by atoms with Crippen LogP contribution in [-0.4, -0.2) is 13.9 Å². The van der Waals surface area contributed by atoms with Gasteiger partial charge in [-0.2, -0.15) is 13.2 Å². The summed E-state index contributed by atoms with van der Waals surface area (Å²) in [5.74, 6) is -2.55. The van der Waals surface area contributed by atoms with E-state index in [1.165, 1.54) is 24.3 Å². The quantitative estimate of drug-likeness (QED) is 0.567. The van der Waals surface area contributed by atoms with Gasteiger partial charge in [0.25, 0.3) is 15.6 Å². The van der Waals surface area contributed by atoms with Gasteiger partial charge >= 0.3 is 11.5 Å². The molecular weight excluding hydrogens is 484 g/mol. The average Bonchev–Trinajstić information content (AvgIpc) is 3.18. The van der Waals surface area contributed by atoms with Gasteiger partial charge in [0.1, 0.15) is 11.6 Å². The van der Waals surface area contributed by atoms with Crippen molar-refractivity contribution in [1.82, 2.24) is 0 Å². The molecule has 0 bridgehead atoms. The fourth-order valence-electron chi connectivity index (χ4n) is 3.31. The number of aryl methyl sites for hydroxylation is 1. The van der Waals surface area contributed by atoms with Crippen molar-refractivity contribution in [2.75, 3.05) is 0 Å². The zero-order valence-corrected chi connectivity index (χ0v) is 16.7. The lowest BCUT2D eigenvalue weighted by molar-refractivity contribution is -0.169. The zero-order valence-electron chi connectivity index (χ0n) is 14.3. The van der Waals surface area contributed by atoms with Crippen molar-refractivity contribution in [3.05, 3.63) is 70.0 Å². The maximum atomic E-state index is 13.5. The van der Waals surface area contributed by atoms with Gasteiger partial charge in [-0.05, 0) is 30.2 Å². The van der Waals surface area contributed by atoms with Crippen molar-refractivity contribution < 1.29 is 40.2 Å². The maximum absolute atomic E-state index is 13.5. The molecule has 1 aliphatic heterocycles. The van der Waals surface area contributed by atoms with E-state index in [0.29, 0.717) is 10.0 Å². The van der Waals surface area contributed by atoms with E-state index >= 15 is 0 Å². The van der Waals surface area contributed by atoms with Gasteiger partial charge in [-0.15, -0.1) is 0 Å². The number of sulfone groups is 1. The Morgan fingerprint density at radius 1 is 1.17 bits per heavy atom. The summed E-state index contributed by atoms with van der Waals surface area (Å²) in [5, 5.41) is 0. The molecule has 1 atom stereocenters. The Balaban J connectivity index is 1.69. The third-order valence-corrected chi connectivity index (χ3v) is 6.46. The molecule has 0 saturated heterocycles. The van der Waals surface area contributed by atoms with E-state index in [4.69, 9.17) is 14.2 Å². The summed E-state index contributed by atoms with van der Waals surface area (Å²) in [4.78, 5) is -0.928. The molecule has 11 heteroatoms. The molecule has 2 aromatic rings. The predicted molar refractivity (Wildman–Crippen MR) is 94.7 cm³/mol. The Bertz CT molecular complexity index is 1110. The van der Waals surface area contributed by atoms with Crippen molar-refractivity contribution in [3.8, 4) is 5.75 Å². The smallest absolute Gasteiger partial charge is 0.448 e. The van der Waals surface area contributed by atoms with Crippen LogP contribution in [0.1, 0.15) is 17.5 Å². The molecule has 2 aliphatic rings. The third-order valence-electron chi connectivity index (χ3n) is 4.48. The number of ether oxygens (including phenoxy) is 3. The first kappa shape index (κ1) is 20.0. The molecule has 0 radical (unpaired) electrons. The van der Waals surface area contributed by atoms with Crippen molar-refractivity contribution >= 4 is 25.8 Å². The van der Waals surface area contributed by atoms with Crippen LogP contribution < -0.4 is 4.74 Å². The number of alkyl halides is 3. The first-order valence-corrected chi connectivity index (χ1v) is 10.4. The largest absolute Gasteiger partial charge is 0.501 e. The Kier molecular flexibility index (Phi) is 4.57. The standard InChI is InChI=1S/C18H11BrF4O5S/c19-11-6-12(20)8-13(7-11)27-15-9-26-17(28-15)5-4-10-2-1-3-14(16(10)17)29(24,25)18(21,22)23/h1-3,6-9H,4-5H2. The number of benzene rings is 2. The summed E-state index contributed by atoms with van der Waals surface area (Å²) in [5.41, 5.74) is -5.34. The molecule has 0 aromatic heterocycles. The van der Waals surface area contributed by atoms with Crippen LogP contribution in [0.5, 0.6) is 5.75 Å². The van der Waals surface area contributed by atoms with Crippen molar-refractivity contribution in [2.24, 2.45) is 0 Å². The van der Waals surface area contributed by atoms with Crippen molar-refractivity contribution in [2.45, 2.75) is 29.0 Å². The molecule has 0 fully saturated rings. The lowest BCUT2D eigenvalue weighted by Crippen LogP contribution is -2.31. The second-order valence-corrected chi connectivity index (χ2v) is 9.18. The molecule has 1 heterocycles. The first-order valence-electron chi connectivity index (χ1n) is 8.16. The van der Waals surface area contributed by atoms with Gasteiger partial charge in [-0.1, -0.05) is 28.1 Å². The molecular formula is C18H11BrF4O5S. The molecule has 0 saturated carbocycles. The minimum absolute atomic E-state index is 0.0539. The van der Waals surface area contributed by atoms with Gasteiger partial charge in [0.05, 0.1) is 10.5 Å². The van der Waals surface area contributed by atoms with Crippen molar-refractivity contribution in [1.29, 1.82) is 0 Å². The van der Waals surface area contributed by atoms with Gasteiger partial charge in [-0.25, -0.2) is 12.8 Å². The summed E-state index contributed by atoms with van der Waals surface area (Å²) in [6.45, 7) is 0. The normalized spacial score (nSPS) is 20.8. The Labute approximate surface area is 170 Å². The van der Waals surface area contributed by atoms with E-state index in [9.17, 15) is 26.0 Å². The zero-order chi connectivity index (χ0) is 21.0. The summed E-state index contributed by atoms with van der Waals surface area (Å²) in [7, 11) is -5.63. The van der Waals surface area contributed by atoms with Crippen LogP contribution >= 0.6 is 15.9 Å². The lowest BCUT2D eigenvalue weighted by atomic mass is 10.1. The molecule has 0 N–H and O–H groups in total. The number of halogens is 5. The third kappa shape index (κ3) is 3.35. The van der Waals surface area contributed by atoms with Gasteiger partial charge in [0.15, 0.2) is 6.26 Å². The summed E-state index contributed by atoms with van der Waals surface area (Å²) < 4.78 is 94.0. The fraction of sp³-hybridized carbons (Fsp3) is 0.222. The Morgan fingerprint density at radius 3 is 2.62 bits per heavy atom. The number of rotatable bonds is 3. The highest BCUT2D eigenvalue weighted by atomic mass is 79.9. The summed E-state index contributed by atoms with van der Waals surface area (Å²) >= 11 is 3.11. The topological polar surface area (TPSA) is 61.8 Å². The Hall–Kier alpha value is -2.27. The second kappa shape index (κ2) is 6.63. The average molecular weight is 495 g/mol. The molecule has 1 spiro atoms. The van der Waals surface area contributed by atoms with Crippen LogP contribution in [0.4, 0.5) is 17.6 Å². The van der Waals surface area contributed by atoms with Gasteiger partial charge in [0, 0.05) is 17.0 Å². The van der Waals surface area contributed by atoms with Crippen LogP contribution in [0.2, 0.25) is 0 Å². The SMILES string of the molecule is O=S(=O)(c1cccc2c1C1(CC2)OC=C(Oc2cc(F)cc(Br)c2)O1)C(F)(F)F. The van der Waals surface area contributed by atoms with Crippen LogP contribution in [0.25, 0.3) is 0 Å². The molecule has 2 aromatic carbocycles. The van der Waals surface area contributed by atoms with Crippen molar-refractivity contribution in [3.63, 3.8) is 0 Å². The van der Waals surface area contributed by atoms with E-state index in [1.807, 2.05) is 0 Å². The monoisotopic (exact) mass is 494 g/mol. The fourth-order valence-corrected chi connectivity index (χ4v) is 4.82. The maximum Gasteiger partial charge on any atom is 0.501 e. The Morgan fingerprint density at radius 2 is 1.93 bits per heavy atom. The minimum atomic E-state index is -5.63. The summed E-state index contributed by atoms with van der Waals surface area (Å²) in [6, 6.07) is 7.33. The summed E-state index contributed by atoms with van der Waals surface area (Å²) in [6.07, 6.45) is 1.33. The van der Waals surface area contributed by atoms with E-state index in [-0.39, 0.29) is 30.1 Å². The molecule has 5 nitrogen and oxygen atoms in total. The highest BCUT2D eigenvalue weighted by Gasteiger charge is 2.55. The van der Waals surface area contributed by atoms with E-state index in [0.717, 1.165) is 18.4 Å². The van der Waals surface area contributed by atoms with Gasteiger partial charge in [-0.3, -0.25) is 0 Å². The van der Waals surface area contributed by atoms with Gasteiger partial charge in [0.2, 0.25) is 0 Å². The van der Waals surface area contributed by atoms with Crippen LogP contribution in [-0.2, 0) is 31.5 Å². The molecule has 4 rings (SSSR count). The second-order valence-electron chi connectivity index (χ2n) is 6.36. The van der Waals surface area contributed by atoms with Crippen LogP contribution in [0, 0.1) is 5.82 Å². The van der Waals surface area contributed by atoms with Gasteiger partial charge < -0.3 is 14.2 Å². The van der Waals surface area contributed by atoms with E-state index in [1.54, 1.807) is 0 Å². The number of hydrogen-bond donors (Lipinski definition) is 0.